The van der Waals surface area contributed by atoms with Crippen LogP contribution in [0.25, 0.3) is 0 Å². The summed E-state index contributed by atoms with van der Waals surface area (Å²) in [5.74, 6) is 4.40. The molecule has 0 saturated heterocycles. The lowest BCUT2D eigenvalue weighted by atomic mass is 9.46. The third kappa shape index (κ3) is 4.89. The molecule has 0 radical (unpaired) electrons. The summed E-state index contributed by atoms with van der Waals surface area (Å²) in [5.41, 5.74) is 3.47. The summed E-state index contributed by atoms with van der Waals surface area (Å²) in [4.78, 5) is 0. The number of rotatable bonds is 9. The molecule has 0 aromatic rings. The number of aliphatic hydroxyl groups is 1. The molecule has 3 fully saturated rings. The molecule has 2 nitrogen and oxygen atoms in total. The Balaban J connectivity index is 1.52. The Hall–Kier alpha value is -0.123. The minimum atomic E-state index is -1.68. The van der Waals surface area contributed by atoms with Gasteiger partial charge in [0.25, 0.3) is 0 Å². The molecule has 0 aromatic heterocycles. The third-order valence-electron chi connectivity index (χ3n) is 12.6. The zero-order chi connectivity index (χ0) is 25.6. The molecule has 0 amide bonds. The molecule has 0 heterocycles. The molecule has 202 valence electrons. The van der Waals surface area contributed by atoms with Crippen molar-refractivity contribution in [1.82, 2.24) is 0 Å². The molecule has 3 heteroatoms. The Morgan fingerprint density at radius 1 is 1.03 bits per heavy atom. The van der Waals surface area contributed by atoms with Crippen molar-refractivity contribution < 1.29 is 9.53 Å². The van der Waals surface area contributed by atoms with Gasteiger partial charge in [0.15, 0.2) is 8.32 Å². The van der Waals surface area contributed by atoms with Crippen LogP contribution in [0.5, 0.6) is 0 Å². The van der Waals surface area contributed by atoms with Crippen LogP contribution in [0.3, 0.4) is 0 Å². The molecule has 0 unspecified atom stereocenters. The van der Waals surface area contributed by atoms with Crippen LogP contribution in [0.1, 0.15) is 119 Å². The molecular weight excluding hydrogens is 444 g/mol. The Bertz CT molecular complexity index is 774. The maximum absolute atomic E-state index is 9.25. The zero-order valence-corrected chi connectivity index (χ0v) is 25.6. The van der Waals surface area contributed by atoms with E-state index in [9.17, 15) is 5.11 Å². The molecule has 0 bridgehead atoms. The van der Waals surface area contributed by atoms with E-state index in [2.05, 4.69) is 60.7 Å². The predicted octanol–water partition coefficient (Wildman–Crippen LogP) is 9.14. The Labute approximate surface area is 219 Å². The van der Waals surface area contributed by atoms with E-state index in [1.54, 1.807) is 5.57 Å². The SMILES string of the molecule is CC[C@]1(O[Si](C)(C)C(C)C)CC[C@@]2(C)C(=CC[C@H]3[C@@H]4CC[C@H]([C@H](C)CCCCO)[C@@]4(C)CC[C@@H]32)C1. The molecule has 4 aliphatic carbocycles. The quantitative estimate of drug-likeness (QED) is 0.193. The molecule has 0 spiro atoms. The second kappa shape index (κ2) is 10.2. The fourth-order valence-electron chi connectivity index (χ4n) is 9.59. The number of unbranched alkanes of at least 4 members (excludes halogenated alkanes) is 1. The number of hydrogen-bond donors (Lipinski definition) is 1. The van der Waals surface area contributed by atoms with Crippen molar-refractivity contribution in [1.29, 1.82) is 0 Å². The van der Waals surface area contributed by atoms with E-state index in [0.29, 0.717) is 23.0 Å². The maximum atomic E-state index is 9.25. The van der Waals surface area contributed by atoms with E-state index in [0.717, 1.165) is 42.4 Å². The molecule has 8 atom stereocenters. The lowest BCUT2D eigenvalue weighted by Crippen LogP contribution is -2.54. The maximum Gasteiger partial charge on any atom is 0.190 e. The average molecular weight is 503 g/mol. The van der Waals surface area contributed by atoms with Gasteiger partial charge in [0.05, 0.1) is 5.60 Å². The summed E-state index contributed by atoms with van der Waals surface area (Å²) < 4.78 is 7.16. The molecule has 4 aliphatic rings. The summed E-state index contributed by atoms with van der Waals surface area (Å²) in [7, 11) is -1.68. The molecule has 0 aliphatic heterocycles. The highest BCUT2D eigenvalue weighted by Gasteiger charge is 2.60. The smallest absolute Gasteiger partial charge is 0.190 e. The van der Waals surface area contributed by atoms with Crippen LogP contribution in [-0.2, 0) is 4.43 Å². The first-order valence-corrected chi connectivity index (χ1v) is 18.4. The van der Waals surface area contributed by atoms with Crippen LogP contribution in [-0.4, -0.2) is 25.6 Å². The molecule has 0 aromatic carbocycles. The Morgan fingerprint density at radius 2 is 1.77 bits per heavy atom. The third-order valence-corrected chi connectivity index (χ3v) is 16.3. The number of aliphatic hydroxyl groups excluding tert-OH is 1. The first-order chi connectivity index (χ1) is 16.4. The van der Waals surface area contributed by atoms with Crippen molar-refractivity contribution in [3.63, 3.8) is 0 Å². The lowest BCUT2D eigenvalue weighted by Gasteiger charge is -2.60. The van der Waals surface area contributed by atoms with Crippen molar-refractivity contribution in [3.8, 4) is 0 Å². The van der Waals surface area contributed by atoms with E-state index in [1.807, 2.05) is 0 Å². The van der Waals surface area contributed by atoms with E-state index >= 15 is 0 Å². The van der Waals surface area contributed by atoms with Gasteiger partial charge >= 0.3 is 0 Å². The van der Waals surface area contributed by atoms with Crippen LogP contribution >= 0.6 is 0 Å². The van der Waals surface area contributed by atoms with Crippen LogP contribution in [0.15, 0.2) is 11.6 Å². The number of fused-ring (bicyclic) bond motifs is 5. The van der Waals surface area contributed by atoms with Gasteiger partial charge in [0.1, 0.15) is 0 Å². The Morgan fingerprint density at radius 3 is 2.43 bits per heavy atom. The van der Waals surface area contributed by atoms with Crippen molar-refractivity contribution in [2.24, 2.45) is 40.4 Å². The average Bonchev–Trinajstić information content (AvgIpc) is 3.16. The topological polar surface area (TPSA) is 29.5 Å². The van der Waals surface area contributed by atoms with Gasteiger partial charge in [-0.2, -0.15) is 0 Å². The minimum absolute atomic E-state index is 0.0871. The molecule has 35 heavy (non-hydrogen) atoms. The van der Waals surface area contributed by atoms with Gasteiger partial charge in [-0.25, -0.2) is 0 Å². The van der Waals surface area contributed by atoms with Gasteiger partial charge in [-0.1, -0.05) is 66.0 Å². The van der Waals surface area contributed by atoms with Crippen molar-refractivity contribution >= 4 is 8.32 Å². The number of allylic oxidation sites excluding steroid dienone is 1. The second-order valence-corrected chi connectivity index (χ2v) is 19.3. The fourth-order valence-corrected chi connectivity index (χ4v) is 11.3. The monoisotopic (exact) mass is 502 g/mol. The molecular formula is C32H58O2Si. The first-order valence-electron chi connectivity index (χ1n) is 15.4. The standard InChI is InChI=1S/C32H58O2Si/c1-9-32(34-35(7,8)23(2)3)20-19-30(5)25(22-32)13-14-26-28-16-15-27(24(4)12-10-11-21-33)31(28,6)18-17-29(26)30/h13,23-24,26-29,33H,9-12,14-22H2,1-8H3/t24-,26+,27-,28+,29+,30+,31-,32+/m1/s1. The fraction of sp³-hybridized carbons (Fsp3) is 0.938. The summed E-state index contributed by atoms with van der Waals surface area (Å²) in [6, 6.07) is 0. The predicted molar refractivity (Wildman–Crippen MR) is 152 cm³/mol. The van der Waals surface area contributed by atoms with E-state index in [-0.39, 0.29) is 5.60 Å². The van der Waals surface area contributed by atoms with Gasteiger partial charge < -0.3 is 9.53 Å². The van der Waals surface area contributed by atoms with Crippen LogP contribution in [0.4, 0.5) is 0 Å². The summed E-state index contributed by atoms with van der Waals surface area (Å²) in [6.07, 6.45) is 18.3. The summed E-state index contributed by atoms with van der Waals surface area (Å²) in [5, 5.41) is 9.25. The second-order valence-electron chi connectivity index (χ2n) is 14.8. The largest absolute Gasteiger partial charge is 0.411 e. The van der Waals surface area contributed by atoms with Gasteiger partial charge in [-0.15, -0.1) is 0 Å². The lowest BCUT2D eigenvalue weighted by molar-refractivity contribution is -0.0716. The van der Waals surface area contributed by atoms with E-state index < -0.39 is 8.32 Å². The molecule has 3 saturated carbocycles. The van der Waals surface area contributed by atoms with Crippen molar-refractivity contribution in [2.45, 2.75) is 143 Å². The number of hydrogen-bond acceptors (Lipinski definition) is 2. The molecule has 1 N–H and O–H groups in total. The van der Waals surface area contributed by atoms with Crippen LogP contribution < -0.4 is 0 Å². The van der Waals surface area contributed by atoms with Gasteiger partial charge in [0.2, 0.25) is 0 Å². The van der Waals surface area contributed by atoms with Gasteiger partial charge in [-0.05, 0) is 123 Å². The van der Waals surface area contributed by atoms with Gasteiger partial charge in [0, 0.05) is 6.61 Å². The van der Waals surface area contributed by atoms with Crippen molar-refractivity contribution in [2.75, 3.05) is 6.61 Å². The Kier molecular flexibility index (Phi) is 8.14. The zero-order valence-electron chi connectivity index (χ0n) is 24.6. The van der Waals surface area contributed by atoms with E-state index in [4.69, 9.17) is 4.43 Å². The minimum Gasteiger partial charge on any atom is -0.411 e. The highest BCUT2D eigenvalue weighted by atomic mass is 28.4. The van der Waals surface area contributed by atoms with Crippen LogP contribution in [0.2, 0.25) is 18.6 Å². The normalized spacial score (nSPS) is 42.3. The highest BCUT2D eigenvalue weighted by Crippen LogP contribution is 2.68. The van der Waals surface area contributed by atoms with Crippen LogP contribution in [0, 0.1) is 40.4 Å². The first kappa shape index (κ1) is 27.9. The summed E-state index contributed by atoms with van der Waals surface area (Å²) in [6.45, 7) is 20.2. The highest BCUT2D eigenvalue weighted by molar-refractivity contribution is 6.72. The van der Waals surface area contributed by atoms with E-state index in [1.165, 1.54) is 64.2 Å². The molecule has 4 rings (SSSR count). The van der Waals surface area contributed by atoms with Gasteiger partial charge in [-0.3, -0.25) is 0 Å². The van der Waals surface area contributed by atoms with Crippen molar-refractivity contribution in [3.05, 3.63) is 11.6 Å². The summed E-state index contributed by atoms with van der Waals surface area (Å²) >= 11 is 0.